The average molecular weight is 352 g/mol. The summed E-state index contributed by atoms with van der Waals surface area (Å²) in [4.78, 5) is 18.4. The first-order valence-electron chi connectivity index (χ1n) is 8.68. The van der Waals surface area contributed by atoms with Crippen molar-refractivity contribution in [1.29, 1.82) is 0 Å². The maximum absolute atomic E-state index is 13.3. The maximum atomic E-state index is 13.3. The number of amides is 1. The van der Waals surface area contributed by atoms with Crippen LogP contribution >= 0.6 is 0 Å². The molecule has 0 saturated heterocycles. The second-order valence-corrected chi connectivity index (χ2v) is 6.02. The Hall–Kier alpha value is -2.95. The molecule has 0 aliphatic heterocycles. The molecule has 0 spiro atoms. The predicted octanol–water partition coefficient (Wildman–Crippen LogP) is 4.46. The number of hydrogen-bond acceptors (Lipinski definition) is 3. The van der Waals surface area contributed by atoms with Gasteiger partial charge in [-0.25, -0.2) is 9.37 Å². The van der Waals surface area contributed by atoms with Crippen LogP contribution in [0, 0.1) is 5.82 Å². The van der Waals surface area contributed by atoms with E-state index < -0.39 is 0 Å². The van der Waals surface area contributed by atoms with Gasteiger partial charge in [0.1, 0.15) is 5.82 Å². The molecule has 0 bridgehead atoms. The quantitative estimate of drug-likeness (QED) is 0.631. The molecule has 0 saturated carbocycles. The maximum Gasteiger partial charge on any atom is 0.223 e. The summed E-state index contributed by atoms with van der Waals surface area (Å²) in [6.07, 6.45) is 2.42. The van der Waals surface area contributed by atoms with Gasteiger partial charge in [-0.1, -0.05) is 42.5 Å². The smallest absolute Gasteiger partial charge is 0.223 e. The fourth-order valence-electron chi connectivity index (χ4n) is 2.77. The zero-order valence-corrected chi connectivity index (χ0v) is 14.7. The highest BCUT2D eigenvalue weighted by Gasteiger charge is 2.14. The van der Waals surface area contributed by atoms with Crippen molar-refractivity contribution in [3.05, 3.63) is 78.1 Å². The van der Waals surface area contributed by atoms with E-state index in [1.54, 1.807) is 17.2 Å². The Labute approximate surface area is 152 Å². The van der Waals surface area contributed by atoms with Gasteiger partial charge in [-0.05, 0) is 24.6 Å². The number of halogens is 1. The summed E-state index contributed by atoms with van der Waals surface area (Å²) in [5.74, 6) is 0.939. The molecule has 0 N–H and O–H groups in total. The Bertz CT molecular complexity index is 861. The SMILES string of the molecule is CCN(Cc1cccc(F)c1)C(=O)CCc1ncc(-c2ccccc2)o1. The van der Waals surface area contributed by atoms with Gasteiger partial charge in [0.2, 0.25) is 5.91 Å². The number of rotatable bonds is 7. The monoisotopic (exact) mass is 352 g/mol. The molecule has 134 valence electrons. The van der Waals surface area contributed by atoms with Crippen molar-refractivity contribution in [1.82, 2.24) is 9.88 Å². The largest absolute Gasteiger partial charge is 0.441 e. The standard InChI is InChI=1S/C21H21FN2O2/c1-2-24(15-16-7-6-10-18(22)13-16)21(25)12-11-20-23-14-19(26-20)17-8-4-3-5-9-17/h3-10,13-14H,2,11-12,15H2,1H3. The fraction of sp³-hybridized carbons (Fsp3) is 0.238. The van der Waals surface area contributed by atoms with Crippen LogP contribution < -0.4 is 0 Å². The number of carbonyl (C=O) groups is 1. The minimum absolute atomic E-state index is 0.00350. The molecule has 1 amide bonds. The second-order valence-electron chi connectivity index (χ2n) is 6.02. The first-order chi connectivity index (χ1) is 12.7. The van der Waals surface area contributed by atoms with Crippen LogP contribution in [0.15, 0.2) is 65.2 Å². The fourth-order valence-corrected chi connectivity index (χ4v) is 2.77. The van der Waals surface area contributed by atoms with E-state index in [9.17, 15) is 9.18 Å². The molecule has 0 fully saturated rings. The van der Waals surface area contributed by atoms with Crippen LogP contribution in [-0.2, 0) is 17.8 Å². The summed E-state index contributed by atoms with van der Waals surface area (Å²) in [6.45, 7) is 2.87. The number of oxazole rings is 1. The molecule has 1 heterocycles. The molecule has 3 rings (SSSR count). The summed E-state index contributed by atoms with van der Waals surface area (Å²) in [5, 5.41) is 0. The number of hydrogen-bond donors (Lipinski definition) is 0. The summed E-state index contributed by atoms with van der Waals surface area (Å²) in [6, 6.07) is 16.0. The lowest BCUT2D eigenvalue weighted by atomic mass is 10.2. The van der Waals surface area contributed by atoms with Crippen LogP contribution in [0.2, 0.25) is 0 Å². The Kier molecular flexibility index (Phi) is 5.79. The molecule has 1 aromatic heterocycles. The molecular formula is C21H21FN2O2. The van der Waals surface area contributed by atoms with Crippen LogP contribution in [0.1, 0.15) is 24.8 Å². The van der Waals surface area contributed by atoms with Crippen molar-refractivity contribution in [3.8, 4) is 11.3 Å². The summed E-state index contributed by atoms with van der Waals surface area (Å²) in [7, 11) is 0. The average Bonchev–Trinajstić information content (AvgIpc) is 3.14. The first-order valence-corrected chi connectivity index (χ1v) is 8.68. The van der Waals surface area contributed by atoms with Crippen molar-refractivity contribution >= 4 is 5.91 Å². The van der Waals surface area contributed by atoms with Gasteiger partial charge in [-0.15, -0.1) is 0 Å². The van der Waals surface area contributed by atoms with E-state index >= 15 is 0 Å². The van der Waals surface area contributed by atoms with E-state index in [-0.39, 0.29) is 11.7 Å². The summed E-state index contributed by atoms with van der Waals surface area (Å²) < 4.78 is 19.0. The highest BCUT2D eigenvalue weighted by Crippen LogP contribution is 2.20. The molecule has 0 radical (unpaired) electrons. The van der Waals surface area contributed by atoms with Crippen LogP contribution in [0.25, 0.3) is 11.3 Å². The van der Waals surface area contributed by atoms with Crippen LogP contribution in [0.3, 0.4) is 0 Å². The lowest BCUT2D eigenvalue weighted by Crippen LogP contribution is -2.30. The topological polar surface area (TPSA) is 46.3 Å². The number of nitrogens with zero attached hydrogens (tertiary/aromatic N) is 2. The van der Waals surface area contributed by atoms with Crippen molar-refractivity contribution in [2.24, 2.45) is 0 Å². The Morgan fingerprint density at radius 3 is 2.69 bits per heavy atom. The lowest BCUT2D eigenvalue weighted by Gasteiger charge is -2.20. The number of aromatic nitrogens is 1. The van der Waals surface area contributed by atoms with Crippen molar-refractivity contribution < 1.29 is 13.6 Å². The minimum Gasteiger partial charge on any atom is -0.441 e. The van der Waals surface area contributed by atoms with Gasteiger partial charge in [-0.2, -0.15) is 0 Å². The van der Waals surface area contributed by atoms with E-state index in [1.165, 1.54) is 12.1 Å². The molecule has 3 aromatic rings. The summed E-state index contributed by atoms with van der Waals surface area (Å²) >= 11 is 0. The third-order valence-electron chi connectivity index (χ3n) is 4.16. The predicted molar refractivity (Wildman–Crippen MR) is 97.8 cm³/mol. The van der Waals surface area contributed by atoms with E-state index in [2.05, 4.69) is 4.98 Å². The molecular weight excluding hydrogens is 331 g/mol. The minimum atomic E-state index is -0.292. The van der Waals surface area contributed by atoms with E-state index in [0.29, 0.717) is 37.6 Å². The molecule has 26 heavy (non-hydrogen) atoms. The van der Waals surface area contributed by atoms with Gasteiger partial charge in [0.25, 0.3) is 0 Å². The van der Waals surface area contributed by atoms with Crippen molar-refractivity contribution in [2.45, 2.75) is 26.3 Å². The first kappa shape index (κ1) is 17.9. The Morgan fingerprint density at radius 1 is 1.15 bits per heavy atom. The van der Waals surface area contributed by atoms with E-state index in [4.69, 9.17) is 4.42 Å². The zero-order valence-electron chi connectivity index (χ0n) is 14.7. The molecule has 0 atom stereocenters. The molecule has 0 unspecified atom stereocenters. The van der Waals surface area contributed by atoms with E-state index in [1.807, 2.05) is 43.3 Å². The highest BCUT2D eigenvalue weighted by atomic mass is 19.1. The number of aryl methyl sites for hydroxylation is 1. The van der Waals surface area contributed by atoms with Gasteiger partial charge in [0, 0.05) is 31.5 Å². The second kappa shape index (κ2) is 8.43. The van der Waals surface area contributed by atoms with Gasteiger partial charge < -0.3 is 9.32 Å². The third-order valence-corrected chi connectivity index (χ3v) is 4.16. The lowest BCUT2D eigenvalue weighted by molar-refractivity contribution is -0.131. The van der Waals surface area contributed by atoms with Crippen molar-refractivity contribution in [3.63, 3.8) is 0 Å². The van der Waals surface area contributed by atoms with Crippen LogP contribution in [0.5, 0.6) is 0 Å². The number of benzene rings is 2. The Balaban J connectivity index is 1.58. The molecule has 0 aliphatic carbocycles. The Morgan fingerprint density at radius 2 is 1.96 bits per heavy atom. The van der Waals surface area contributed by atoms with Gasteiger partial charge in [0.15, 0.2) is 11.7 Å². The van der Waals surface area contributed by atoms with Crippen LogP contribution in [-0.4, -0.2) is 22.3 Å². The van der Waals surface area contributed by atoms with Gasteiger partial charge in [0.05, 0.1) is 6.20 Å². The van der Waals surface area contributed by atoms with Gasteiger partial charge >= 0.3 is 0 Å². The van der Waals surface area contributed by atoms with E-state index in [0.717, 1.165) is 11.1 Å². The van der Waals surface area contributed by atoms with Crippen molar-refractivity contribution in [2.75, 3.05) is 6.54 Å². The summed E-state index contributed by atoms with van der Waals surface area (Å²) in [5.41, 5.74) is 1.74. The third kappa shape index (κ3) is 4.57. The number of carbonyl (C=O) groups excluding carboxylic acids is 1. The normalized spacial score (nSPS) is 10.7. The zero-order chi connectivity index (χ0) is 18.4. The molecule has 5 heteroatoms. The molecule has 0 aliphatic rings. The molecule has 2 aromatic carbocycles. The van der Waals surface area contributed by atoms with Gasteiger partial charge in [-0.3, -0.25) is 4.79 Å². The van der Waals surface area contributed by atoms with Crippen LogP contribution in [0.4, 0.5) is 4.39 Å². The highest BCUT2D eigenvalue weighted by molar-refractivity contribution is 5.76. The molecule has 4 nitrogen and oxygen atoms in total.